The summed E-state index contributed by atoms with van der Waals surface area (Å²) < 4.78 is 5.46. The molecular formula is C11H17NO3. The zero-order chi connectivity index (χ0) is 11.1. The van der Waals surface area contributed by atoms with E-state index in [1.165, 1.54) is 6.08 Å². The van der Waals surface area contributed by atoms with E-state index in [-0.39, 0.29) is 5.41 Å². The molecule has 2 fully saturated rings. The maximum absolute atomic E-state index is 10.5. The molecule has 4 heteroatoms. The van der Waals surface area contributed by atoms with E-state index in [1.807, 2.05) is 0 Å². The highest BCUT2D eigenvalue weighted by molar-refractivity contribution is 5.79. The van der Waals surface area contributed by atoms with E-state index in [0.29, 0.717) is 12.0 Å². The van der Waals surface area contributed by atoms with Crippen LogP contribution in [0.3, 0.4) is 0 Å². The monoisotopic (exact) mass is 211 g/mol. The van der Waals surface area contributed by atoms with E-state index >= 15 is 0 Å². The lowest BCUT2D eigenvalue weighted by atomic mass is 9.80. The van der Waals surface area contributed by atoms with Gasteiger partial charge in [0, 0.05) is 24.7 Å². The summed E-state index contributed by atoms with van der Waals surface area (Å²) in [4.78, 5) is 12.6. The normalized spacial score (nSPS) is 33.6. The van der Waals surface area contributed by atoms with Gasteiger partial charge in [0.25, 0.3) is 0 Å². The van der Waals surface area contributed by atoms with Crippen LogP contribution >= 0.6 is 0 Å². The summed E-state index contributed by atoms with van der Waals surface area (Å²) in [5, 5.41) is 8.60. The molecule has 0 saturated carbocycles. The van der Waals surface area contributed by atoms with Gasteiger partial charge >= 0.3 is 5.97 Å². The van der Waals surface area contributed by atoms with Crippen molar-refractivity contribution in [2.75, 3.05) is 19.8 Å². The number of fused-ring (bicyclic) bond motifs is 1. The van der Waals surface area contributed by atoms with Gasteiger partial charge in [0.15, 0.2) is 0 Å². The quantitative estimate of drug-likeness (QED) is 0.691. The Hall–Kier alpha value is -1.03. The van der Waals surface area contributed by atoms with Gasteiger partial charge in [-0.2, -0.15) is 0 Å². The van der Waals surface area contributed by atoms with Crippen LogP contribution in [0.15, 0.2) is 12.3 Å². The van der Waals surface area contributed by atoms with Crippen LogP contribution in [0.2, 0.25) is 0 Å². The lowest BCUT2D eigenvalue weighted by Crippen LogP contribution is -2.28. The third-order valence-electron chi connectivity index (χ3n) is 3.48. The van der Waals surface area contributed by atoms with Gasteiger partial charge in [-0.05, 0) is 5.41 Å². The van der Waals surface area contributed by atoms with Crippen LogP contribution < -0.4 is 0 Å². The molecule has 0 amide bonds. The van der Waals surface area contributed by atoms with Crippen molar-refractivity contribution in [2.24, 2.45) is 11.3 Å². The Labute approximate surface area is 89.5 Å². The fourth-order valence-corrected chi connectivity index (χ4v) is 2.64. The number of carbonyl (C=O) groups is 1. The second kappa shape index (κ2) is 3.52. The first-order chi connectivity index (χ1) is 7.00. The first-order valence-electron chi connectivity index (χ1n) is 5.25. The van der Waals surface area contributed by atoms with Crippen LogP contribution in [-0.2, 0) is 9.53 Å². The molecule has 0 spiro atoms. The number of hydrogen-bond donors (Lipinski definition) is 1. The zero-order valence-electron chi connectivity index (χ0n) is 9.14. The van der Waals surface area contributed by atoms with Crippen molar-refractivity contribution in [3.63, 3.8) is 0 Å². The standard InChI is InChI=1S/C11H17NO3/c1-11(2)7-12(4-3-10(13)14)9-6-15-5-8(9)11/h3-4,8-9H,5-7H2,1-2H3,(H,13,14)/b4-3+. The molecule has 0 aromatic carbocycles. The number of rotatable bonds is 2. The molecule has 4 nitrogen and oxygen atoms in total. The summed E-state index contributed by atoms with van der Waals surface area (Å²) in [7, 11) is 0. The maximum atomic E-state index is 10.5. The molecule has 0 bridgehead atoms. The van der Waals surface area contributed by atoms with Crippen LogP contribution in [0.1, 0.15) is 13.8 Å². The van der Waals surface area contributed by atoms with Crippen LogP contribution in [0.5, 0.6) is 0 Å². The average molecular weight is 211 g/mol. The molecule has 2 heterocycles. The van der Waals surface area contributed by atoms with Crippen molar-refractivity contribution >= 4 is 5.97 Å². The minimum atomic E-state index is -0.893. The Bertz CT molecular complexity index is 298. The van der Waals surface area contributed by atoms with Gasteiger partial charge in [-0.1, -0.05) is 13.8 Å². The van der Waals surface area contributed by atoms with Crippen molar-refractivity contribution in [3.05, 3.63) is 12.3 Å². The van der Waals surface area contributed by atoms with Gasteiger partial charge in [-0.15, -0.1) is 0 Å². The summed E-state index contributed by atoms with van der Waals surface area (Å²) in [5.74, 6) is -0.369. The molecule has 15 heavy (non-hydrogen) atoms. The van der Waals surface area contributed by atoms with E-state index in [0.717, 1.165) is 19.8 Å². The summed E-state index contributed by atoms with van der Waals surface area (Å²) in [6, 6.07) is 0.357. The Morgan fingerprint density at radius 2 is 2.27 bits per heavy atom. The second-order valence-electron chi connectivity index (χ2n) is 5.03. The summed E-state index contributed by atoms with van der Waals surface area (Å²) in [6.07, 6.45) is 2.89. The van der Waals surface area contributed by atoms with Gasteiger partial charge in [0.1, 0.15) is 0 Å². The third-order valence-corrected chi connectivity index (χ3v) is 3.48. The number of ether oxygens (including phenoxy) is 1. The molecule has 0 radical (unpaired) electrons. The molecule has 2 aliphatic heterocycles. The minimum absolute atomic E-state index is 0.212. The molecule has 2 atom stereocenters. The number of likely N-dealkylation sites (tertiary alicyclic amines) is 1. The van der Waals surface area contributed by atoms with E-state index in [9.17, 15) is 4.79 Å². The Morgan fingerprint density at radius 3 is 2.93 bits per heavy atom. The predicted octanol–water partition coefficient (Wildman–Crippen LogP) is 0.942. The highest BCUT2D eigenvalue weighted by Crippen LogP contribution is 2.43. The van der Waals surface area contributed by atoms with Gasteiger partial charge in [-0.25, -0.2) is 4.79 Å². The number of aliphatic carboxylic acids is 1. The minimum Gasteiger partial charge on any atom is -0.478 e. The highest BCUT2D eigenvalue weighted by Gasteiger charge is 2.48. The lowest BCUT2D eigenvalue weighted by molar-refractivity contribution is -0.131. The van der Waals surface area contributed by atoms with Crippen molar-refractivity contribution in [2.45, 2.75) is 19.9 Å². The molecule has 2 unspecified atom stereocenters. The largest absolute Gasteiger partial charge is 0.478 e. The summed E-state index contributed by atoms with van der Waals surface area (Å²) in [6.45, 7) is 6.87. The molecule has 0 aliphatic carbocycles. The summed E-state index contributed by atoms with van der Waals surface area (Å²) >= 11 is 0. The Morgan fingerprint density at radius 1 is 1.53 bits per heavy atom. The number of hydrogen-bond acceptors (Lipinski definition) is 3. The maximum Gasteiger partial charge on any atom is 0.329 e. The molecule has 2 rings (SSSR count). The van der Waals surface area contributed by atoms with E-state index in [4.69, 9.17) is 9.84 Å². The van der Waals surface area contributed by atoms with Gasteiger partial charge < -0.3 is 14.7 Å². The average Bonchev–Trinajstić information content (AvgIpc) is 2.66. The van der Waals surface area contributed by atoms with Gasteiger partial charge in [0.2, 0.25) is 0 Å². The highest BCUT2D eigenvalue weighted by atomic mass is 16.5. The van der Waals surface area contributed by atoms with Crippen molar-refractivity contribution < 1.29 is 14.6 Å². The zero-order valence-corrected chi connectivity index (χ0v) is 9.14. The first kappa shape index (κ1) is 10.5. The van der Waals surface area contributed by atoms with E-state index < -0.39 is 5.97 Å². The van der Waals surface area contributed by atoms with E-state index in [1.54, 1.807) is 6.20 Å². The molecule has 84 valence electrons. The molecule has 0 aromatic heterocycles. The fraction of sp³-hybridized carbons (Fsp3) is 0.727. The number of nitrogens with zero attached hydrogens (tertiary/aromatic N) is 1. The second-order valence-corrected chi connectivity index (χ2v) is 5.03. The predicted molar refractivity (Wildman–Crippen MR) is 55.4 cm³/mol. The first-order valence-corrected chi connectivity index (χ1v) is 5.25. The van der Waals surface area contributed by atoms with Crippen LogP contribution in [0.4, 0.5) is 0 Å². The van der Waals surface area contributed by atoms with Crippen molar-refractivity contribution in [3.8, 4) is 0 Å². The lowest BCUT2D eigenvalue weighted by Gasteiger charge is -2.22. The smallest absolute Gasteiger partial charge is 0.329 e. The van der Waals surface area contributed by atoms with Crippen molar-refractivity contribution in [1.29, 1.82) is 0 Å². The van der Waals surface area contributed by atoms with E-state index in [2.05, 4.69) is 18.7 Å². The number of carboxylic acids is 1. The Kier molecular flexibility index (Phi) is 2.46. The van der Waals surface area contributed by atoms with Gasteiger partial charge in [0.05, 0.1) is 19.3 Å². The van der Waals surface area contributed by atoms with Crippen LogP contribution in [0.25, 0.3) is 0 Å². The molecule has 2 saturated heterocycles. The molecular weight excluding hydrogens is 194 g/mol. The SMILES string of the molecule is CC1(C)CN(/C=C/C(=O)O)C2COCC21. The molecule has 0 aromatic rings. The van der Waals surface area contributed by atoms with Crippen LogP contribution in [0, 0.1) is 11.3 Å². The topological polar surface area (TPSA) is 49.8 Å². The van der Waals surface area contributed by atoms with Crippen LogP contribution in [-0.4, -0.2) is 41.8 Å². The number of carboxylic acid groups (broad SMARTS) is 1. The molecule has 2 aliphatic rings. The fourth-order valence-electron chi connectivity index (χ4n) is 2.64. The van der Waals surface area contributed by atoms with Gasteiger partial charge in [-0.3, -0.25) is 0 Å². The third kappa shape index (κ3) is 1.86. The molecule has 1 N–H and O–H groups in total. The Balaban J connectivity index is 2.12. The summed E-state index contributed by atoms with van der Waals surface area (Å²) in [5.41, 5.74) is 0.212. The van der Waals surface area contributed by atoms with Crippen molar-refractivity contribution in [1.82, 2.24) is 4.90 Å².